The Bertz CT molecular complexity index is 359. The highest BCUT2D eigenvalue weighted by molar-refractivity contribution is 5.63. The number of benzene rings is 1. The van der Waals surface area contributed by atoms with Crippen molar-refractivity contribution in [3.8, 4) is 5.75 Å². The summed E-state index contributed by atoms with van der Waals surface area (Å²) in [7, 11) is 0. The van der Waals surface area contributed by atoms with Gasteiger partial charge in [-0.3, -0.25) is 0 Å². The summed E-state index contributed by atoms with van der Waals surface area (Å²) in [5, 5.41) is 12.7. The number of piperidine rings is 1. The van der Waals surface area contributed by atoms with Gasteiger partial charge in [-0.15, -0.1) is 0 Å². The fourth-order valence-electron chi connectivity index (χ4n) is 2.40. The second-order valence-corrected chi connectivity index (χ2v) is 4.34. The van der Waals surface area contributed by atoms with Crippen molar-refractivity contribution in [3.05, 3.63) is 29.8 Å². The molecule has 0 aromatic heterocycles. The first-order chi connectivity index (χ1) is 7.81. The van der Waals surface area contributed by atoms with Gasteiger partial charge in [-0.25, -0.2) is 0 Å². The highest BCUT2D eigenvalue weighted by Crippen LogP contribution is 2.30. The molecule has 16 heavy (non-hydrogen) atoms. The van der Waals surface area contributed by atoms with E-state index in [1.807, 2.05) is 6.07 Å². The summed E-state index contributed by atoms with van der Waals surface area (Å²) in [6.45, 7) is 1.96. The molecule has 0 spiro atoms. The standard InChI is InChI=1S/C13H17NO2/c15-9-13(10-4-6-14-7-5-10)11-2-1-3-12(16)8-11/h1-3,8-10,13-14,16H,4-7H2. The summed E-state index contributed by atoms with van der Waals surface area (Å²) < 4.78 is 0. The molecule has 86 valence electrons. The zero-order chi connectivity index (χ0) is 11.4. The number of rotatable bonds is 3. The van der Waals surface area contributed by atoms with Crippen LogP contribution in [-0.2, 0) is 4.79 Å². The van der Waals surface area contributed by atoms with Crippen LogP contribution in [0.25, 0.3) is 0 Å². The lowest BCUT2D eigenvalue weighted by atomic mass is 9.81. The van der Waals surface area contributed by atoms with Crippen LogP contribution in [0, 0.1) is 5.92 Å². The molecule has 1 aromatic rings. The second kappa shape index (κ2) is 5.12. The van der Waals surface area contributed by atoms with Gasteiger partial charge in [0.2, 0.25) is 0 Å². The average Bonchev–Trinajstić information content (AvgIpc) is 2.31. The summed E-state index contributed by atoms with van der Waals surface area (Å²) in [6.07, 6.45) is 3.07. The van der Waals surface area contributed by atoms with Crippen molar-refractivity contribution < 1.29 is 9.90 Å². The maximum atomic E-state index is 11.2. The van der Waals surface area contributed by atoms with E-state index in [0.29, 0.717) is 5.92 Å². The van der Waals surface area contributed by atoms with Gasteiger partial charge in [-0.2, -0.15) is 0 Å². The van der Waals surface area contributed by atoms with Crippen molar-refractivity contribution in [1.82, 2.24) is 5.32 Å². The molecule has 1 aromatic carbocycles. The van der Waals surface area contributed by atoms with Crippen molar-refractivity contribution >= 4 is 6.29 Å². The molecule has 3 nitrogen and oxygen atoms in total. The lowest BCUT2D eigenvalue weighted by Crippen LogP contribution is -2.31. The number of phenols is 1. The number of hydrogen-bond donors (Lipinski definition) is 2. The molecule has 1 heterocycles. The zero-order valence-electron chi connectivity index (χ0n) is 9.23. The van der Waals surface area contributed by atoms with Crippen molar-refractivity contribution in [2.45, 2.75) is 18.8 Å². The first kappa shape index (κ1) is 11.1. The van der Waals surface area contributed by atoms with Crippen LogP contribution in [0.3, 0.4) is 0 Å². The van der Waals surface area contributed by atoms with Crippen LogP contribution >= 0.6 is 0 Å². The number of phenolic OH excluding ortho intramolecular Hbond substituents is 1. The van der Waals surface area contributed by atoms with Gasteiger partial charge in [-0.05, 0) is 49.5 Å². The van der Waals surface area contributed by atoms with Crippen LogP contribution in [-0.4, -0.2) is 24.5 Å². The highest BCUT2D eigenvalue weighted by Gasteiger charge is 2.24. The maximum absolute atomic E-state index is 11.2. The molecule has 0 aliphatic carbocycles. The van der Waals surface area contributed by atoms with Crippen molar-refractivity contribution in [3.63, 3.8) is 0 Å². The minimum Gasteiger partial charge on any atom is -0.508 e. The predicted octanol–water partition coefficient (Wildman–Crippen LogP) is 1.67. The van der Waals surface area contributed by atoms with Gasteiger partial charge in [0.25, 0.3) is 0 Å². The minimum absolute atomic E-state index is 0.0748. The third-order valence-corrected chi connectivity index (χ3v) is 3.29. The molecular weight excluding hydrogens is 202 g/mol. The Balaban J connectivity index is 2.17. The number of aldehydes is 1. The van der Waals surface area contributed by atoms with Crippen molar-refractivity contribution in [2.24, 2.45) is 5.92 Å². The van der Waals surface area contributed by atoms with Gasteiger partial charge < -0.3 is 15.2 Å². The molecule has 1 fully saturated rings. The van der Waals surface area contributed by atoms with Crippen molar-refractivity contribution in [2.75, 3.05) is 13.1 Å². The van der Waals surface area contributed by atoms with Gasteiger partial charge in [0.1, 0.15) is 12.0 Å². The molecule has 1 atom stereocenters. The zero-order valence-corrected chi connectivity index (χ0v) is 9.23. The SMILES string of the molecule is O=CC(c1cccc(O)c1)C1CCNCC1. The Labute approximate surface area is 95.5 Å². The van der Waals surface area contributed by atoms with Gasteiger partial charge in [0.15, 0.2) is 0 Å². The van der Waals surface area contributed by atoms with E-state index in [4.69, 9.17) is 0 Å². The highest BCUT2D eigenvalue weighted by atomic mass is 16.3. The van der Waals surface area contributed by atoms with Gasteiger partial charge in [0, 0.05) is 5.92 Å². The molecular formula is C13H17NO2. The molecule has 0 radical (unpaired) electrons. The Morgan fingerprint density at radius 1 is 1.38 bits per heavy atom. The summed E-state index contributed by atoms with van der Waals surface area (Å²) >= 11 is 0. The Kier molecular flexibility index (Phi) is 3.57. The third kappa shape index (κ3) is 2.42. The first-order valence-corrected chi connectivity index (χ1v) is 5.76. The van der Waals surface area contributed by atoms with E-state index in [9.17, 15) is 9.90 Å². The van der Waals surface area contributed by atoms with E-state index < -0.39 is 0 Å². The molecule has 1 unspecified atom stereocenters. The summed E-state index contributed by atoms with van der Waals surface area (Å²) in [5.74, 6) is 0.563. The van der Waals surface area contributed by atoms with E-state index in [1.54, 1.807) is 18.2 Å². The lowest BCUT2D eigenvalue weighted by Gasteiger charge is -2.27. The monoisotopic (exact) mass is 219 g/mol. The second-order valence-electron chi connectivity index (χ2n) is 4.34. The van der Waals surface area contributed by atoms with E-state index in [1.165, 1.54) is 0 Å². The van der Waals surface area contributed by atoms with Crippen LogP contribution in [0.5, 0.6) is 5.75 Å². The molecule has 3 heteroatoms. The quantitative estimate of drug-likeness (QED) is 0.760. The topological polar surface area (TPSA) is 49.3 Å². The summed E-state index contributed by atoms with van der Waals surface area (Å²) in [6, 6.07) is 7.04. The fraction of sp³-hybridized carbons (Fsp3) is 0.462. The number of aromatic hydroxyl groups is 1. The van der Waals surface area contributed by atoms with Crippen LogP contribution in [0.1, 0.15) is 24.3 Å². The number of carbonyl (C=O) groups is 1. The van der Waals surface area contributed by atoms with Crippen molar-refractivity contribution in [1.29, 1.82) is 0 Å². The molecule has 0 bridgehead atoms. The third-order valence-electron chi connectivity index (χ3n) is 3.29. The lowest BCUT2D eigenvalue weighted by molar-refractivity contribution is -0.110. The van der Waals surface area contributed by atoms with E-state index >= 15 is 0 Å². The van der Waals surface area contributed by atoms with E-state index in [2.05, 4.69) is 5.32 Å². The predicted molar refractivity (Wildman–Crippen MR) is 62.5 cm³/mol. The summed E-state index contributed by atoms with van der Waals surface area (Å²) in [4.78, 5) is 11.2. The molecule has 1 saturated heterocycles. The minimum atomic E-state index is -0.0748. The largest absolute Gasteiger partial charge is 0.508 e. The maximum Gasteiger partial charge on any atom is 0.127 e. The van der Waals surface area contributed by atoms with Crippen LogP contribution in [0.2, 0.25) is 0 Å². The molecule has 1 aliphatic rings. The molecule has 1 aliphatic heterocycles. The van der Waals surface area contributed by atoms with Gasteiger partial charge in [0.05, 0.1) is 0 Å². The number of carbonyl (C=O) groups excluding carboxylic acids is 1. The van der Waals surface area contributed by atoms with E-state index in [-0.39, 0.29) is 11.7 Å². The van der Waals surface area contributed by atoms with Crippen LogP contribution in [0.4, 0.5) is 0 Å². The average molecular weight is 219 g/mol. The fourth-order valence-corrected chi connectivity index (χ4v) is 2.40. The van der Waals surface area contributed by atoms with Gasteiger partial charge in [-0.1, -0.05) is 12.1 Å². The molecule has 2 N–H and O–H groups in total. The molecule has 2 rings (SSSR count). The normalized spacial score (nSPS) is 19.2. The van der Waals surface area contributed by atoms with Crippen LogP contribution < -0.4 is 5.32 Å². The molecule has 0 saturated carbocycles. The number of hydrogen-bond acceptors (Lipinski definition) is 3. The molecule has 0 amide bonds. The first-order valence-electron chi connectivity index (χ1n) is 5.76. The van der Waals surface area contributed by atoms with Gasteiger partial charge >= 0.3 is 0 Å². The smallest absolute Gasteiger partial charge is 0.127 e. The number of nitrogens with one attached hydrogen (secondary N) is 1. The summed E-state index contributed by atoms with van der Waals surface area (Å²) in [5.41, 5.74) is 0.932. The van der Waals surface area contributed by atoms with Crippen LogP contribution in [0.15, 0.2) is 24.3 Å². The Morgan fingerprint density at radius 2 is 2.12 bits per heavy atom. The van der Waals surface area contributed by atoms with E-state index in [0.717, 1.165) is 37.8 Å². The Hall–Kier alpha value is -1.35. The Morgan fingerprint density at radius 3 is 2.75 bits per heavy atom.